The average Bonchev–Trinajstić information content (AvgIpc) is 3.14. The van der Waals surface area contributed by atoms with Gasteiger partial charge in [0.2, 0.25) is 0 Å². The van der Waals surface area contributed by atoms with E-state index < -0.39 is 19.8 Å². The van der Waals surface area contributed by atoms with E-state index in [0.29, 0.717) is 7.87 Å². The Kier molecular flexibility index (Phi) is 9.20. The molecule has 0 aliphatic rings. The van der Waals surface area contributed by atoms with Crippen LogP contribution in [0.4, 0.5) is 0 Å². The standard InChI is InChI=1S/C21H13Cl3P2.3CH3.Sn/c22-16-7-1-13(2-8-16)19-20(14-3-9-17(23)10-4-14)25-26-21(19)15-5-11-18(24)12-6-15;;;;/h1-12,25H;3*1H3;. The van der Waals surface area contributed by atoms with E-state index in [9.17, 15) is 0 Å². The monoisotopic (exact) mass is 597 g/mol. The van der Waals surface area contributed by atoms with Crippen molar-refractivity contribution in [2.45, 2.75) is 14.8 Å². The molecule has 1 radical (unpaired) electrons. The van der Waals surface area contributed by atoms with Gasteiger partial charge in [0, 0.05) is 31.2 Å². The van der Waals surface area contributed by atoms with Gasteiger partial charge in [0.05, 0.1) is 0 Å². The molecular weight excluding hydrogens is 575 g/mol. The van der Waals surface area contributed by atoms with Gasteiger partial charge in [0.25, 0.3) is 0 Å². The fourth-order valence-electron chi connectivity index (χ4n) is 2.88. The normalized spacial score (nSPS) is 11.2. The van der Waals surface area contributed by atoms with Crippen LogP contribution in [0.15, 0.2) is 72.8 Å². The molecule has 0 aliphatic carbocycles. The maximum absolute atomic E-state index is 6.11. The number of halogens is 3. The van der Waals surface area contributed by atoms with Gasteiger partial charge in [-0.25, -0.2) is 0 Å². The average molecular weight is 597 g/mol. The summed E-state index contributed by atoms with van der Waals surface area (Å²) >= 11 is 17.7. The van der Waals surface area contributed by atoms with Crippen molar-refractivity contribution in [2.24, 2.45) is 0 Å². The van der Waals surface area contributed by atoms with Crippen LogP contribution in [-0.4, -0.2) is 19.8 Å². The molecule has 0 spiro atoms. The predicted molar refractivity (Wildman–Crippen MR) is 143 cm³/mol. The number of hydrogen-bond donors (Lipinski definition) is 0. The molecule has 4 aromatic rings. The van der Waals surface area contributed by atoms with Crippen molar-refractivity contribution in [3.8, 4) is 32.8 Å². The van der Waals surface area contributed by atoms with Gasteiger partial charge in [-0.1, -0.05) is 71.2 Å². The Balaban J connectivity index is 0.000000589. The molecular formula is C24H22Cl3P2Sn. The van der Waals surface area contributed by atoms with Crippen LogP contribution in [-0.2, 0) is 0 Å². The minimum atomic E-state index is -0.543. The molecule has 3 aromatic carbocycles. The SMILES string of the molecule is Clc1ccc(-c2p[pH]c(-c3ccc(Cl)cc3)c2-c2ccc(Cl)cc2)cc1.[CH3][Sn]([CH3])[CH3]. The summed E-state index contributed by atoms with van der Waals surface area (Å²) in [7, 11) is 2.00. The van der Waals surface area contributed by atoms with Crippen molar-refractivity contribution in [1.82, 2.24) is 0 Å². The van der Waals surface area contributed by atoms with Crippen molar-refractivity contribution >= 4 is 70.3 Å². The number of rotatable bonds is 3. The molecule has 6 heteroatoms. The van der Waals surface area contributed by atoms with Gasteiger partial charge in [0.1, 0.15) is 0 Å². The fourth-order valence-corrected chi connectivity index (χ4v) is 7.01. The van der Waals surface area contributed by atoms with Gasteiger partial charge in [-0.2, -0.15) is 0 Å². The van der Waals surface area contributed by atoms with Crippen LogP contribution in [0.3, 0.4) is 0 Å². The van der Waals surface area contributed by atoms with E-state index in [-0.39, 0.29) is 0 Å². The minimum absolute atomic E-state index is 0.543. The zero-order valence-electron chi connectivity index (χ0n) is 17.0. The molecule has 0 fully saturated rings. The van der Waals surface area contributed by atoms with Gasteiger partial charge in [-0.15, -0.1) is 7.87 Å². The van der Waals surface area contributed by atoms with Crippen molar-refractivity contribution in [3.05, 3.63) is 87.9 Å². The Labute approximate surface area is 204 Å². The van der Waals surface area contributed by atoms with Crippen molar-refractivity contribution in [2.75, 3.05) is 0 Å². The predicted octanol–water partition coefficient (Wildman–Crippen LogP) is 10.6. The fraction of sp³-hybridized carbons (Fsp3) is 0.125. The van der Waals surface area contributed by atoms with Gasteiger partial charge in [-0.05, 0) is 61.0 Å². The first-order valence-corrected chi connectivity index (χ1v) is 21.9. The molecule has 30 heavy (non-hydrogen) atoms. The van der Waals surface area contributed by atoms with Crippen LogP contribution in [0.25, 0.3) is 32.8 Å². The van der Waals surface area contributed by atoms with Crippen LogP contribution >= 0.6 is 50.5 Å². The zero-order valence-corrected chi connectivity index (χ0v) is 24.0. The molecule has 0 amide bonds. The quantitative estimate of drug-likeness (QED) is 0.206. The van der Waals surface area contributed by atoms with Crippen LogP contribution in [0.5, 0.6) is 0 Å². The van der Waals surface area contributed by atoms with E-state index in [0.717, 1.165) is 15.1 Å². The summed E-state index contributed by atoms with van der Waals surface area (Å²) in [5.74, 6) is 0. The first-order valence-electron chi connectivity index (χ1n) is 9.48. The number of hydrogen-bond acceptors (Lipinski definition) is 0. The van der Waals surface area contributed by atoms with Gasteiger partial charge >= 0.3 is 34.6 Å². The molecule has 1 aromatic heterocycles. The summed E-state index contributed by atoms with van der Waals surface area (Å²) in [4.78, 5) is 7.09. The van der Waals surface area contributed by atoms with E-state index in [4.69, 9.17) is 34.8 Å². The van der Waals surface area contributed by atoms with Gasteiger partial charge < -0.3 is 0 Å². The second-order valence-electron chi connectivity index (χ2n) is 7.34. The van der Waals surface area contributed by atoms with E-state index in [1.807, 2.05) is 36.4 Å². The summed E-state index contributed by atoms with van der Waals surface area (Å²) in [5, 5.41) is 4.93. The molecule has 0 N–H and O–H groups in total. The molecule has 0 saturated carbocycles. The third kappa shape index (κ3) is 6.52. The summed E-state index contributed by atoms with van der Waals surface area (Å²) in [5.41, 5.74) is 4.89. The Morgan fingerprint density at radius 1 is 0.600 bits per heavy atom. The maximum atomic E-state index is 6.11. The van der Waals surface area contributed by atoms with Crippen molar-refractivity contribution < 1.29 is 0 Å². The first kappa shape index (κ1) is 24.2. The third-order valence-electron chi connectivity index (χ3n) is 4.15. The molecule has 1 heterocycles. The van der Waals surface area contributed by atoms with Crippen LogP contribution < -0.4 is 0 Å². The Bertz CT molecular complexity index is 1020. The molecule has 153 valence electrons. The Morgan fingerprint density at radius 3 is 1.40 bits per heavy atom. The summed E-state index contributed by atoms with van der Waals surface area (Å²) < 4.78 is 0. The molecule has 0 saturated heterocycles. The van der Waals surface area contributed by atoms with E-state index in [2.05, 4.69) is 51.2 Å². The summed E-state index contributed by atoms with van der Waals surface area (Å²) in [6.07, 6.45) is 0. The number of benzene rings is 3. The van der Waals surface area contributed by atoms with Crippen LogP contribution in [0.2, 0.25) is 29.9 Å². The van der Waals surface area contributed by atoms with Crippen LogP contribution in [0, 0.1) is 0 Å². The molecule has 1 atom stereocenters. The van der Waals surface area contributed by atoms with Crippen LogP contribution in [0.1, 0.15) is 0 Å². The van der Waals surface area contributed by atoms with Gasteiger partial charge in [-0.3, -0.25) is 0 Å². The Hall–Kier alpha value is -0.461. The second kappa shape index (κ2) is 11.4. The summed E-state index contributed by atoms with van der Waals surface area (Å²) in [6.45, 7) is 0. The van der Waals surface area contributed by atoms with E-state index in [1.54, 1.807) is 0 Å². The zero-order chi connectivity index (χ0) is 21.7. The molecule has 0 aliphatic heterocycles. The molecule has 0 bridgehead atoms. The molecule has 4 rings (SSSR count). The third-order valence-corrected chi connectivity index (χ3v) is 8.16. The molecule has 1 unspecified atom stereocenters. The van der Waals surface area contributed by atoms with E-state index in [1.165, 1.54) is 40.7 Å². The molecule has 0 nitrogen and oxygen atoms in total. The first-order chi connectivity index (χ1) is 14.3. The second-order valence-corrected chi connectivity index (χ2v) is 20.0. The van der Waals surface area contributed by atoms with Gasteiger partial charge in [0.15, 0.2) is 0 Å². The van der Waals surface area contributed by atoms with E-state index >= 15 is 0 Å². The van der Waals surface area contributed by atoms with Crippen molar-refractivity contribution in [3.63, 3.8) is 0 Å². The topological polar surface area (TPSA) is 0 Å². The Morgan fingerprint density at radius 2 is 0.967 bits per heavy atom. The van der Waals surface area contributed by atoms with Crippen molar-refractivity contribution in [1.29, 1.82) is 0 Å². The summed E-state index contributed by atoms with van der Waals surface area (Å²) in [6, 6.07) is 24.3.